The smallest absolute Gasteiger partial charge is 0.329 e. The van der Waals surface area contributed by atoms with Crippen molar-refractivity contribution in [3.63, 3.8) is 0 Å². The quantitative estimate of drug-likeness (QED) is 0.189. The zero-order valence-electron chi connectivity index (χ0n) is 28.6. The zero-order valence-corrected chi connectivity index (χ0v) is 28.6. The number of esters is 4. The normalized spacial score (nSPS) is 14.4. The first kappa shape index (κ1) is 40.8. The number of ether oxygens (including phenoxy) is 4. The third kappa shape index (κ3) is 20.6. The van der Waals surface area contributed by atoms with Crippen LogP contribution in [0.4, 0.5) is 0 Å². The van der Waals surface area contributed by atoms with Crippen LogP contribution < -0.4 is 16.4 Å². The standard InChI is InChI=1S/C31H55N3O10/c1-28(2,3)41-23(36)17-14-20(26(39)43-30(7,8)9)33-22(35)16-13-19(32)25(38)34-21(27(40)44-31(10,11)12)15-18-24(37)42-29(4,5)6/h19-21H,13-18,32H2,1-12H3,(H,33,35)(H,34,38). The van der Waals surface area contributed by atoms with Crippen LogP contribution in [-0.2, 0) is 47.7 Å². The summed E-state index contributed by atoms with van der Waals surface area (Å²) in [7, 11) is 0. The van der Waals surface area contributed by atoms with Gasteiger partial charge in [-0.25, -0.2) is 9.59 Å². The zero-order chi connectivity index (χ0) is 34.7. The molecule has 4 N–H and O–H groups in total. The highest BCUT2D eigenvalue weighted by molar-refractivity contribution is 5.89. The van der Waals surface area contributed by atoms with E-state index in [1.54, 1.807) is 83.1 Å². The third-order valence-corrected chi connectivity index (χ3v) is 5.17. The molecule has 0 aliphatic carbocycles. The monoisotopic (exact) mass is 629 g/mol. The van der Waals surface area contributed by atoms with E-state index in [4.69, 9.17) is 24.7 Å². The molecular weight excluding hydrogens is 574 g/mol. The van der Waals surface area contributed by atoms with Gasteiger partial charge in [0.15, 0.2) is 0 Å². The molecule has 44 heavy (non-hydrogen) atoms. The molecule has 0 radical (unpaired) electrons. The van der Waals surface area contributed by atoms with Gasteiger partial charge in [0, 0.05) is 19.3 Å². The van der Waals surface area contributed by atoms with Crippen molar-refractivity contribution in [1.29, 1.82) is 0 Å². The highest BCUT2D eigenvalue weighted by Crippen LogP contribution is 2.16. The Morgan fingerprint density at radius 2 is 0.864 bits per heavy atom. The molecule has 13 nitrogen and oxygen atoms in total. The summed E-state index contributed by atoms with van der Waals surface area (Å²) in [5, 5.41) is 5.07. The van der Waals surface area contributed by atoms with E-state index in [0.29, 0.717) is 0 Å². The molecule has 0 fully saturated rings. The van der Waals surface area contributed by atoms with Crippen LogP contribution >= 0.6 is 0 Å². The first-order valence-electron chi connectivity index (χ1n) is 14.9. The third-order valence-electron chi connectivity index (χ3n) is 5.17. The largest absolute Gasteiger partial charge is 0.460 e. The van der Waals surface area contributed by atoms with Gasteiger partial charge in [-0.3, -0.25) is 19.2 Å². The molecule has 0 saturated carbocycles. The summed E-state index contributed by atoms with van der Waals surface area (Å²) in [6.07, 6.45) is -0.810. The maximum absolute atomic E-state index is 12.9. The van der Waals surface area contributed by atoms with Gasteiger partial charge in [0.1, 0.15) is 34.5 Å². The number of rotatable bonds is 14. The van der Waals surface area contributed by atoms with Gasteiger partial charge in [0.25, 0.3) is 0 Å². The molecule has 0 aromatic rings. The Morgan fingerprint density at radius 1 is 0.523 bits per heavy atom. The van der Waals surface area contributed by atoms with Crippen LogP contribution in [0, 0.1) is 0 Å². The lowest BCUT2D eigenvalue weighted by molar-refractivity contribution is -0.161. The molecule has 0 aliphatic heterocycles. The van der Waals surface area contributed by atoms with E-state index in [9.17, 15) is 28.8 Å². The Hall–Kier alpha value is -3.22. The fraction of sp³-hybridized carbons (Fsp3) is 0.806. The Bertz CT molecular complexity index is 1010. The second kappa shape index (κ2) is 16.7. The first-order chi connectivity index (χ1) is 19.7. The molecule has 13 heteroatoms. The minimum Gasteiger partial charge on any atom is -0.460 e. The maximum atomic E-state index is 12.9. The first-order valence-corrected chi connectivity index (χ1v) is 14.9. The van der Waals surface area contributed by atoms with Crippen molar-refractivity contribution in [2.45, 2.75) is 162 Å². The Labute approximate surface area is 262 Å². The predicted molar refractivity (Wildman–Crippen MR) is 163 cm³/mol. The Balaban J connectivity index is 5.35. The number of hydrogen-bond donors (Lipinski definition) is 3. The summed E-state index contributed by atoms with van der Waals surface area (Å²) in [6, 6.07) is -3.52. The fourth-order valence-electron chi connectivity index (χ4n) is 3.52. The van der Waals surface area contributed by atoms with E-state index in [1.165, 1.54) is 0 Å². The van der Waals surface area contributed by atoms with Gasteiger partial charge in [-0.05, 0) is 102 Å². The molecule has 0 bridgehead atoms. The van der Waals surface area contributed by atoms with Crippen LogP contribution in [0.3, 0.4) is 0 Å². The number of hydrogen-bond acceptors (Lipinski definition) is 11. The lowest BCUT2D eigenvalue weighted by atomic mass is 10.1. The molecule has 0 aromatic carbocycles. The number of nitrogens with one attached hydrogen (secondary N) is 2. The molecule has 0 aromatic heterocycles. The van der Waals surface area contributed by atoms with Crippen LogP contribution in [0.5, 0.6) is 0 Å². The number of nitrogens with two attached hydrogens (primary N) is 1. The van der Waals surface area contributed by atoms with Crippen molar-refractivity contribution in [2.24, 2.45) is 5.73 Å². The SMILES string of the molecule is CC(C)(C)OC(=O)CCC(NC(=O)CCC(N)C(=O)NC(CCC(=O)OC(C)(C)C)C(=O)OC(C)(C)C)C(=O)OC(C)(C)C. The summed E-state index contributed by atoms with van der Waals surface area (Å²) in [5.74, 6) is -3.88. The summed E-state index contributed by atoms with van der Waals surface area (Å²) < 4.78 is 21.3. The number of carbonyl (C=O) groups is 6. The van der Waals surface area contributed by atoms with Crippen molar-refractivity contribution in [1.82, 2.24) is 10.6 Å². The van der Waals surface area contributed by atoms with Gasteiger partial charge in [-0.1, -0.05) is 0 Å². The minimum absolute atomic E-state index is 0.0582. The average Bonchev–Trinajstić information content (AvgIpc) is 2.77. The van der Waals surface area contributed by atoms with Crippen molar-refractivity contribution < 1.29 is 47.7 Å². The van der Waals surface area contributed by atoms with Crippen molar-refractivity contribution in [3.8, 4) is 0 Å². The summed E-state index contributed by atoms with van der Waals surface area (Å²) >= 11 is 0. The molecule has 0 heterocycles. The predicted octanol–water partition coefficient (Wildman–Crippen LogP) is 2.99. The van der Waals surface area contributed by atoms with E-state index in [-0.39, 0.29) is 38.5 Å². The summed E-state index contributed by atoms with van der Waals surface area (Å²) in [4.78, 5) is 75.6. The lowest BCUT2D eigenvalue weighted by Crippen LogP contribution is -2.50. The maximum Gasteiger partial charge on any atom is 0.329 e. The Morgan fingerprint density at radius 3 is 1.20 bits per heavy atom. The van der Waals surface area contributed by atoms with Crippen LogP contribution in [0.1, 0.15) is 122 Å². The molecule has 2 amide bonds. The molecule has 0 saturated heterocycles. The second-order valence-corrected chi connectivity index (χ2v) is 14.6. The molecule has 0 spiro atoms. The van der Waals surface area contributed by atoms with Crippen LogP contribution in [-0.4, -0.2) is 76.2 Å². The van der Waals surface area contributed by atoms with E-state index in [0.717, 1.165) is 0 Å². The van der Waals surface area contributed by atoms with Crippen molar-refractivity contribution in [3.05, 3.63) is 0 Å². The topological polar surface area (TPSA) is 189 Å². The van der Waals surface area contributed by atoms with Crippen LogP contribution in [0.15, 0.2) is 0 Å². The summed E-state index contributed by atoms with van der Waals surface area (Å²) in [5.41, 5.74) is 2.91. The van der Waals surface area contributed by atoms with E-state index >= 15 is 0 Å². The van der Waals surface area contributed by atoms with Crippen molar-refractivity contribution in [2.75, 3.05) is 0 Å². The van der Waals surface area contributed by atoms with Gasteiger partial charge in [0.2, 0.25) is 11.8 Å². The molecule has 3 unspecified atom stereocenters. The van der Waals surface area contributed by atoms with Crippen LogP contribution in [0.25, 0.3) is 0 Å². The Kier molecular flexibility index (Phi) is 15.5. The summed E-state index contributed by atoms with van der Waals surface area (Å²) in [6.45, 7) is 20.3. The van der Waals surface area contributed by atoms with Crippen molar-refractivity contribution >= 4 is 35.7 Å². The number of carbonyl (C=O) groups excluding carboxylic acids is 6. The number of amides is 2. The van der Waals surface area contributed by atoms with Gasteiger partial charge in [-0.2, -0.15) is 0 Å². The molecular formula is C31H55N3O10. The minimum atomic E-state index is -1.20. The van der Waals surface area contributed by atoms with E-state index in [1.807, 2.05) is 0 Å². The second-order valence-electron chi connectivity index (χ2n) is 14.6. The highest BCUT2D eigenvalue weighted by atomic mass is 16.6. The van der Waals surface area contributed by atoms with Gasteiger partial charge in [-0.15, -0.1) is 0 Å². The molecule has 0 rings (SSSR count). The van der Waals surface area contributed by atoms with Gasteiger partial charge in [0.05, 0.1) is 6.04 Å². The molecule has 0 aliphatic rings. The van der Waals surface area contributed by atoms with Crippen LogP contribution in [0.2, 0.25) is 0 Å². The average molecular weight is 630 g/mol. The lowest BCUT2D eigenvalue weighted by Gasteiger charge is -2.26. The van der Waals surface area contributed by atoms with Gasteiger partial charge >= 0.3 is 23.9 Å². The van der Waals surface area contributed by atoms with E-state index in [2.05, 4.69) is 10.6 Å². The molecule has 3 atom stereocenters. The fourth-order valence-corrected chi connectivity index (χ4v) is 3.52. The molecule has 254 valence electrons. The van der Waals surface area contributed by atoms with Gasteiger partial charge < -0.3 is 35.3 Å². The van der Waals surface area contributed by atoms with E-state index < -0.39 is 76.2 Å². The highest BCUT2D eigenvalue weighted by Gasteiger charge is 2.31.